The van der Waals surface area contributed by atoms with Gasteiger partial charge in [-0.25, -0.2) is 0 Å². The van der Waals surface area contributed by atoms with Crippen molar-refractivity contribution in [2.24, 2.45) is 11.8 Å². The summed E-state index contributed by atoms with van der Waals surface area (Å²) in [6, 6.07) is 0.768. The third kappa shape index (κ3) is 2.71. The highest BCUT2D eigenvalue weighted by atomic mass is 15.2. The Kier molecular flexibility index (Phi) is 3.45. The van der Waals surface area contributed by atoms with Crippen LogP contribution in [-0.4, -0.2) is 37.1 Å². The summed E-state index contributed by atoms with van der Waals surface area (Å²) in [5.74, 6) is 1.86. The van der Waals surface area contributed by atoms with E-state index in [1.165, 1.54) is 45.4 Å². The van der Waals surface area contributed by atoms with Gasteiger partial charge < -0.3 is 10.2 Å². The Morgan fingerprint density at radius 1 is 1.21 bits per heavy atom. The van der Waals surface area contributed by atoms with Crippen molar-refractivity contribution in [2.45, 2.75) is 39.2 Å². The molecule has 0 saturated carbocycles. The molecule has 2 aliphatic rings. The maximum absolute atomic E-state index is 3.65. The molecule has 2 heteroatoms. The van der Waals surface area contributed by atoms with Gasteiger partial charge in [0.2, 0.25) is 0 Å². The zero-order valence-electron chi connectivity index (χ0n) is 9.63. The lowest BCUT2D eigenvalue weighted by molar-refractivity contribution is 0.231. The molecule has 0 bridgehead atoms. The van der Waals surface area contributed by atoms with Gasteiger partial charge in [-0.15, -0.1) is 0 Å². The number of hydrogen-bond donors (Lipinski definition) is 1. The summed E-state index contributed by atoms with van der Waals surface area (Å²) in [5, 5.41) is 3.65. The molecule has 2 rings (SSSR count). The van der Waals surface area contributed by atoms with E-state index < -0.39 is 0 Å². The maximum atomic E-state index is 3.65. The smallest absolute Gasteiger partial charge is 0.0197 e. The first-order valence-corrected chi connectivity index (χ1v) is 6.20. The Hall–Kier alpha value is -0.0800. The van der Waals surface area contributed by atoms with Gasteiger partial charge in [0.15, 0.2) is 0 Å². The molecule has 2 nitrogen and oxygen atoms in total. The third-order valence-electron chi connectivity index (χ3n) is 3.74. The summed E-state index contributed by atoms with van der Waals surface area (Å²) in [6.45, 7) is 9.93. The molecule has 2 fully saturated rings. The normalized spacial score (nSPS) is 40.3. The topological polar surface area (TPSA) is 15.3 Å². The first-order valence-electron chi connectivity index (χ1n) is 6.20. The molecule has 3 atom stereocenters. The molecular weight excluding hydrogens is 172 g/mol. The fourth-order valence-corrected chi connectivity index (χ4v) is 2.86. The zero-order chi connectivity index (χ0) is 9.97. The minimum Gasteiger partial charge on any atom is -0.313 e. The van der Waals surface area contributed by atoms with Crippen LogP contribution >= 0.6 is 0 Å². The highest BCUT2D eigenvalue weighted by molar-refractivity contribution is 4.82. The standard InChI is InChI=1S/C12H24N2/c1-10-3-5-13-12(7-10)9-14-6-4-11(2)8-14/h10-13H,3-9H2,1-2H3. The van der Waals surface area contributed by atoms with E-state index in [2.05, 4.69) is 24.1 Å². The molecule has 0 radical (unpaired) electrons. The van der Waals surface area contributed by atoms with Crippen LogP contribution in [0.2, 0.25) is 0 Å². The number of rotatable bonds is 2. The van der Waals surface area contributed by atoms with Crippen molar-refractivity contribution in [1.29, 1.82) is 0 Å². The molecule has 82 valence electrons. The van der Waals surface area contributed by atoms with Gasteiger partial charge in [0.05, 0.1) is 0 Å². The van der Waals surface area contributed by atoms with Gasteiger partial charge in [-0.05, 0) is 44.2 Å². The van der Waals surface area contributed by atoms with Crippen LogP contribution in [0.4, 0.5) is 0 Å². The molecular formula is C12H24N2. The van der Waals surface area contributed by atoms with Crippen LogP contribution < -0.4 is 5.32 Å². The van der Waals surface area contributed by atoms with Crippen LogP contribution in [0.3, 0.4) is 0 Å². The van der Waals surface area contributed by atoms with Crippen molar-refractivity contribution in [3.63, 3.8) is 0 Å². The predicted molar refractivity (Wildman–Crippen MR) is 60.4 cm³/mol. The Balaban J connectivity index is 1.74. The van der Waals surface area contributed by atoms with Crippen molar-refractivity contribution < 1.29 is 0 Å². The van der Waals surface area contributed by atoms with E-state index in [-0.39, 0.29) is 0 Å². The second-order valence-corrected chi connectivity index (χ2v) is 5.43. The molecule has 0 aromatic heterocycles. The lowest BCUT2D eigenvalue weighted by Gasteiger charge is -2.31. The first kappa shape index (κ1) is 10.4. The van der Waals surface area contributed by atoms with Gasteiger partial charge in [-0.2, -0.15) is 0 Å². The van der Waals surface area contributed by atoms with E-state index in [1.54, 1.807) is 0 Å². The largest absolute Gasteiger partial charge is 0.313 e. The number of nitrogens with one attached hydrogen (secondary N) is 1. The van der Waals surface area contributed by atoms with Crippen molar-refractivity contribution in [3.8, 4) is 0 Å². The second-order valence-electron chi connectivity index (χ2n) is 5.43. The average Bonchev–Trinajstić information content (AvgIpc) is 2.51. The number of nitrogens with zero attached hydrogens (tertiary/aromatic N) is 1. The van der Waals surface area contributed by atoms with Crippen LogP contribution in [0.1, 0.15) is 33.1 Å². The minimum absolute atomic E-state index is 0.768. The molecule has 2 saturated heterocycles. The second kappa shape index (κ2) is 4.63. The molecule has 1 N–H and O–H groups in total. The van der Waals surface area contributed by atoms with Crippen LogP contribution in [0, 0.1) is 11.8 Å². The lowest BCUT2D eigenvalue weighted by atomic mass is 9.94. The van der Waals surface area contributed by atoms with E-state index in [1.807, 2.05) is 0 Å². The van der Waals surface area contributed by atoms with Gasteiger partial charge in [0.1, 0.15) is 0 Å². The summed E-state index contributed by atoms with van der Waals surface area (Å²) in [4.78, 5) is 2.64. The quantitative estimate of drug-likeness (QED) is 0.723. The van der Waals surface area contributed by atoms with Crippen molar-refractivity contribution >= 4 is 0 Å². The van der Waals surface area contributed by atoms with Gasteiger partial charge in [0.25, 0.3) is 0 Å². The summed E-state index contributed by atoms with van der Waals surface area (Å²) in [7, 11) is 0. The van der Waals surface area contributed by atoms with Crippen LogP contribution in [0.15, 0.2) is 0 Å². The van der Waals surface area contributed by atoms with Gasteiger partial charge in [0, 0.05) is 19.1 Å². The fraction of sp³-hybridized carbons (Fsp3) is 1.00. The Bertz CT molecular complexity index is 181. The summed E-state index contributed by atoms with van der Waals surface area (Å²) < 4.78 is 0. The molecule has 0 aromatic carbocycles. The summed E-state index contributed by atoms with van der Waals surface area (Å²) in [6.07, 6.45) is 4.15. The highest BCUT2D eigenvalue weighted by Crippen LogP contribution is 2.19. The third-order valence-corrected chi connectivity index (χ3v) is 3.74. The molecule has 14 heavy (non-hydrogen) atoms. The van der Waals surface area contributed by atoms with Gasteiger partial charge in [-0.1, -0.05) is 13.8 Å². The van der Waals surface area contributed by atoms with E-state index >= 15 is 0 Å². The van der Waals surface area contributed by atoms with Crippen LogP contribution in [0.25, 0.3) is 0 Å². The Labute approximate surface area is 88.1 Å². The number of hydrogen-bond acceptors (Lipinski definition) is 2. The molecule has 0 aliphatic carbocycles. The maximum Gasteiger partial charge on any atom is 0.0197 e. The van der Waals surface area contributed by atoms with Crippen LogP contribution in [0.5, 0.6) is 0 Å². The van der Waals surface area contributed by atoms with E-state index in [0.717, 1.165) is 17.9 Å². The average molecular weight is 196 g/mol. The predicted octanol–water partition coefficient (Wildman–Crippen LogP) is 1.72. The first-order chi connectivity index (χ1) is 6.74. The summed E-state index contributed by atoms with van der Waals surface area (Å²) >= 11 is 0. The Morgan fingerprint density at radius 2 is 2.07 bits per heavy atom. The zero-order valence-corrected chi connectivity index (χ0v) is 9.63. The highest BCUT2D eigenvalue weighted by Gasteiger charge is 2.24. The molecule has 2 aliphatic heterocycles. The summed E-state index contributed by atoms with van der Waals surface area (Å²) in [5.41, 5.74) is 0. The van der Waals surface area contributed by atoms with Crippen LogP contribution in [-0.2, 0) is 0 Å². The fourth-order valence-electron chi connectivity index (χ4n) is 2.86. The van der Waals surface area contributed by atoms with E-state index in [9.17, 15) is 0 Å². The van der Waals surface area contributed by atoms with E-state index in [4.69, 9.17) is 0 Å². The molecule has 0 amide bonds. The van der Waals surface area contributed by atoms with Gasteiger partial charge in [-0.3, -0.25) is 0 Å². The minimum atomic E-state index is 0.768. The lowest BCUT2D eigenvalue weighted by Crippen LogP contribution is -2.44. The molecule has 0 spiro atoms. The van der Waals surface area contributed by atoms with Gasteiger partial charge >= 0.3 is 0 Å². The number of likely N-dealkylation sites (tertiary alicyclic amines) is 1. The monoisotopic (exact) mass is 196 g/mol. The molecule has 2 heterocycles. The Morgan fingerprint density at radius 3 is 2.71 bits per heavy atom. The van der Waals surface area contributed by atoms with Crippen molar-refractivity contribution in [2.75, 3.05) is 26.2 Å². The molecule has 0 aromatic rings. The van der Waals surface area contributed by atoms with E-state index in [0.29, 0.717) is 0 Å². The number of piperidine rings is 1. The molecule has 3 unspecified atom stereocenters. The van der Waals surface area contributed by atoms with Crippen molar-refractivity contribution in [1.82, 2.24) is 10.2 Å². The van der Waals surface area contributed by atoms with Crippen molar-refractivity contribution in [3.05, 3.63) is 0 Å². The SMILES string of the molecule is CC1CCNC(CN2CCC(C)C2)C1.